The van der Waals surface area contributed by atoms with E-state index in [9.17, 15) is 8.42 Å². The monoisotopic (exact) mass is 413 g/mol. The summed E-state index contributed by atoms with van der Waals surface area (Å²) >= 11 is 1.57. The molecule has 4 rings (SSSR count). The van der Waals surface area contributed by atoms with Crippen molar-refractivity contribution in [1.82, 2.24) is 19.8 Å². The summed E-state index contributed by atoms with van der Waals surface area (Å²) in [7, 11) is -3.35. The highest BCUT2D eigenvalue weighted by Gasteiger charge is 2.13. The SMILES string of the molecule is CCCCS(=O)(=O)Nc1cccc(-c2ccc3nnc(-c4cccs4)n3n2)c1. The smallest absolute Gasteiger partial charge is 0.232 e. The van der Waals surface area contributed by atoms with Crippen molar-refractivity contribution in [2.75, 3.05) is 10.5 Å². The summed E-state index contributed by atoms with van der Waals surface area (Å²) in [5, 5.41) is 15.1. The van der Waals surface area contributed by atoms with E-state index in [4.69, 9.17) is 0 Å². The number of sulfonamides is 1. The molecule has 0 saturated carbocycles. The summed E-state index contributed by atoms with van der Waals surface area (Å²) in [6, 6.07) is 14.9. The summed E-state index contributed by atoms with van der Waals surface area (Å²) in [6.07, 6.45) is 1.46. The van der Waals surface area contributed by atoms with Crippen LogP contribution >= 0.6 is 11.3 Å². The third kappa shape index (κ3) is 3.90. The van der Waals surface area contributed by atoms with Gasteiger partial charge in [0.15, 0.2) is 11.5 Å². The number of thiophene rings is 1. The Bertz CT molecular complexity index is 1200. The molecule has 0 atom stereocenters. The van der Waals surface area contributed by atoms with Gasteiger partial charge in [-0.3, -0.25) is 4.72 Å². The molecule has 3 aromatic heterocycles. The van der Waals surface area contributed by atoms with Gasteiger partial charge in [-0.05, 0) is 42.1 Å². The molecule has 0 saturated heterocycles. The van der Waals surface area contributed by atoms with Crippen molar-refractivity contribution >= 4 is 32.7 Å². The number of fused-ring (bicyclic) bond motifs is 1. The van der Waals surface area contributed by atoms with Crippen LogP contribution in [0.1, 0.15) is 19.8 Å². The van der Waals surface area contributed by atoms with Gasteiger partial charge in [-0.2, -0.15) is 9.61 Å². The molecular weight excluding hydrogens is 394 g/mol. The van der Waals surface area contributed by atoms with Gasteiger partial charge < -0.3 is 0 Å². The van der Waals surface area contributed by atoms with Gasteiger partial charge in [-0.25, -0.2) is 8.42 Å². The number of aromatic nitrogens is 4. The molecule has 144 valence electrons. The standard InChI is InChI=1S/C19H19N5O2S2/c1-2-3-12-28(25,26)23-15-7-4-6-14(13-15)16-9-10-18-20-21-19(24(18)22-16)17-8-5-11-27-17/h4-11,13,23H,2-3,12H2,1H3. The fourth-order valence-corrected chi connectivity index (χ4v) is 4.76. The molecule has 1 N–H and O–H groups in total. The normalized spacial score (nSPS) is 11.8. The molecule has 0 bridgehead atoms. The minimum absolute atomic E-state index is 0.114. The Morgan fingerprint density at radius 1 is 1.11 bits per heavy atom. The molecule has 4 aromatic rings. The van der Waals surface area contributed by atoms with Crippen LogP contribution in [0.3, 0.4) is 0 Å². The number of hydrogen-bond donors (Lipinski definition) is 1. The summed E-state index contributed by atoms with van der Waals surface area (Å²) in [5.74, 6) is 0.797. The Hall–Kier alpha value is -2.78. The number of hydrogen-bond acceptors (Lipinski definition) is 6. The molecule has 0 radical (unpaired) electrons. The van der Waals surface area contributed by atoms with E-state index in [0.717, 1.165) is 16.9 Å². The van der Waals surface area contributed by atoms with E-state index in [1.807, 2.05) is 48.7 Å². The van der Waals surface area contributed by atoms with Crippen molar-refractivity contribution in [1.29, 1.82) is 0 Å². The second-order valence-electron chi connectivity index (χ2n) is 6.34. The average Bonchev–Trinajstić information content (AvgIpc) is 3.35. The molecular formula is C19H19N5O2S2. The van der Waals surface area contributed by atoms with Crippen molar-refractivity contribution in [2.45, 2.75) is 19.8 Å². The molecule has 28 heavy (non-hydrogen) atoms. The molecule has 9 heteroatoms. The maximum atomic E-state index is 12.2. The van der Waals surface area contributed by atoms with Crippen LogP contribution in [0.2, 0.25) is 0 Å². The van der Waals surface area contributed by atoms with Crippen LogP contribution in [0.5, 0.6) is 0 Å². The van der Waals surface area contributed by atoms with Crippen LogP contribution in [0, 0.1) is 0 Å². The van der Waals surface area contributed by atoms with Gasteiger partial charge in [0, 0.05) is 11.3 Å². The second-order valence-corrected chi connectivity index (χ2v) is 9.13. The Morgan fingerprint density at radius 2 is 2.00 bits per heavy atom. The van der Waals surface area contributed by atoms with Gasteiger partial charge in [0.1, 0.15) is 0 Å². The van der Waals surface area contributed by atoms with Gasteiger partial charge >= 0.3 is 0 Å². The van der Waals surface area contributed by atoms with Gasteiger partial charge in [-0.1, -0.05) is 31.5 Å². The first kappa shape index (κ1) is 18.6. The van der Waals surface area contributed by atoms with E-state index in [2.05, 4.69) is 20.0 Å². The van der Waals surface area contributed by atoms with E-state index >= 15 is 0 Å². The molecule has 0 aliphatic rings. The summed E-state index contributed by atoms with van der Waals surface area (Å²) in [4.78, 5) is 0.981. The van der Waals surface area contributed by atoms with Crippen molar-refractivity contribution in [2.24, 2.45) is 0 Å². The quantitative estimate of drug-likeness (QED) is 0.493. The highest BCUT2D eigenvalue weighted by atomic mass is 32.2. The lowest BCUT2D eigenvalue weighted by molar-refractivity contribution is 0.598. The minimum Gasteiger partial charge on any atom is -0.284 e. The minimum atomic E-state index is -3.35. The Balaban J connectivity index is 1.68. The molecule has 0 unspecified atom stereocenters. The second kappa shape index (κ2) is 7.69. The highest BCUT2D eigenvalue weighted by Crippen LogP contribution is 2.25. The Morgan fingerprint density at radius 3 is 2.79 bits per heavy atom. The van der Waals surface area contributed by atoms with Gasteiger partial charge in [-0.15, -0.1) is 21.5 Å². The molecule has 0 aliphatic carbocycles. The molecule has 0 amide bonds. The predicted molar refractivity (Wildman–Crippen MR) is 112 cm³/mol. The molecule has 0 spiro atoms. The largest absolute Gasteiger partial charge is 0.284 e. The number of anilines is 1. The topological polar surface area (TPSA) is 89.2 Å². The fraction of sp³-hybridized carbons (Fsp3) is 0.211. The average molecular weight is 414 g/mol. The van der Waals surface area contributed by atoms with Crippen LogP contribution < -0.4 is 4.72 Å². The lowest BCUT2D eigenvalue weighted by Crippen LogP contribution is -2.16. The van der Waals surface area contributed by atoms with E-state index in [-0.39, 0.29) is 5.75 Å². The van der Waals surface area contributed by atoms with Crippen molar-refractivity contribution in [3.8, 4) is 22.0 Å². The van der Waals surface area contributed by atoms with Crippen molar-refractivity contribution in [3.05, 3.63) is 53.9 Å². The fourth-order valence-electron chi connectivity index (χ4n) is 2.81. The molecule has 7 nitrogen and oxygen atoms in total. The Labute approximate surface area is 167 Å². The third-order valence-corrected chi connectivity index (χ3v) is 6.44. The van der Waals surface area contributed by atoms with Gasteiger partial charge in [0.25, 0.3) is 0 Å². The summed E-state index contributed by atoms with van der Waals surface area (Å²) in [6.45, 7) is 1.97. The van der Waals surface area contributed by atoms with E-state index < -0.39 is 10.0 Å². The zero-order valence-corrected chi connectivity index (χ0v) is 16.9. The predicted octanol–water partition coefficient (Wildman–Crippen LogP) is 4.06. The Kier molecular flexibility index (Phi) is 5.10. The van der Waals surface area contributed by atoms with E-state index in [1.165, 1.54) is 0 Å². The first-order valence-corrected chi connectivity index (χ1v) is 11.5. The van der Waals surface area contributed by atoms with Crippen LogP contribution in [-0.2, 0) is 10.0 Å². The number of nitrogens with zero attached hydrogens (tertiary/aromatic N) is 4. The first-order valence-electron chi connectivity index (χ1n) is 8.93. The number of benzene rings is 1. The number of unbranched alkanes of at least 4 members (excludes halogenated alkanes) is 1. The van der Waals surface area contributed by atoms with Crippen molar-refractivity contribution < 1.29 is 8.42 Å². The van der Waals surface area contributed by atoms with Gasteiger partial charge in [0.2, 0.25) is 10.0 Å². The molecule has 1 aromatic carbocycles. The summed E-state index contributed by atoms with van der Waals surface area (Å²) in [5.41, 5.74) is 2.70. The van der Waals surface area contributed by atoms with E-state index in [1.54, 1.807) is 28.0 Å². The number of nitrogens with one attached hydrogen (secondary N) is 1. The molecule has 0 fully saturated rings. The maximum absolute atomic E-state index is 12.2. The lowest BCUT2D eigenvalue weighted by atomic mass is 10.1. The van der Waals surface area contributed by atoms with Gasteiger partial charge in [0.05, 0.1) is 16.3 Å². The number of rotatable bonds is 7. The lowest BCUT2D eigenvalue weighted by Gasteiger charge is -2.09. The molecule has 0 aliphatic heterocycles. The first-order chi connectivity index (χ1) is 13.6. The zero-order chi connectivity index (χ0) is 19.6. The van der Waals surface area contributed by atoms with Crippen LogP contribution in [0.4, 0.5) is 5.69 Å². The van der Waals surface area contributed by atoms with Crippen LogP contribution in [0.15, 0.2) is 53.9 Å². The van der Waals surface area contributed by atoms with E-state index in [0.29, 0.717) is 29.3 Å². The highest BCUT2D eigenvalue weighted by molar-refractivity contribution is 7.92. The molecule has 3 heterocycles. The summed E-state index contributed by atoms with van der Waals surface area (Å²) < 4.78 is 28.7. The maximum Gasteiger partial charge on any atom is 0.232 e. The van der Waals surface area contributed by atoms with Crippen molar-refractivity contribution in [3.63, 3.8) is 0 Å². The zero-order valence-electron chi connectivity index (χ0n) is 15.2. The third-order valence-electron chi connectivity index (χ3n) is 4.20. The van der Waals surface area contributed by atoms with Crippen LogP contribution in [-0.4, -0.2) is 34.0 Å². The van der Waals surface area contributed by atoms with Crippen LogP contribution in [0.25, 0.3) is 27.6 Å².